The molecule has 0 bridgehead atoms. The van der Waals surface area contributed by atoms with Crippen LogP contribution in [0.15, 0.2) is 24.3 Å². The molecule has 2 rings (SSSR count). The van der Waals surface area contributed by atoms with Gasteiger partial charge in [0.2, 0.25) is 0 Å². The van der Waals surface area contributed by atoms with E-state index in [1.165, 1.54) is 0 Å². The third-order valence-electron chi connectivity index (χ3n) is 3.15. The lowest BCUT2D eigenvalue weighted by atomic mass is 9.85. The maximum Gasteiger partial charge on any atom is 0.262 e. The zero-order valence-corrected chi connectivity index (χ0v) is 9.88. The molecule has 0 amide bonds. The number of hydrogen-bond donors (Lipinski definition) is 1. The third kappa shape index (κ3) is 2.19. The van der Waals surface area contributed by atoms with Gasteiger partial charge >= 0.3 is 0 Å². The molecular weight excluding hydrogens is 224 g/mol. The van der Waals surface area contributed by atoms with Crippen molar-refractivity contribution in [2.24, 2.45) is 0 Å². The molecule has 1 aromatic rings. The second-order valence-corrected chi connectivity index (χ2v) is 4.35. The summed E-state index contributed by atoms with van der Waals surface area (Å²) in [6.45, 7) is 2.96. The summed E-state index contributed by atoms with van der Waals surface area (Å²) in [6.07, 6.45) is -1.66. The van der Waals surface area contributed by atoms with Crippen molar-refractivity contribution in [2.45, 2.75) is 31.9 Å². The standard InChI is InChI=1S/C13H17F2NO/c1-2-7-16-13(12(14)15)9-17-8-10-5-3-4-6-11(10)13/h3-6,12,16H,2,7-9H2,1H3. The molecule has 0 fully saturated rings. The first-order valence-corrected chi connectivity index (χ1v) is 5.90. The molecule has 1 aliphatic heterocycles. The van der Waals surface area contributed by atoms with Crippen molar-refractivity contribution in [3.8, 4) is 0 Å². The van der Waals surface area contributed by atoms with Gasteiger partial charge in [-0.3, -0.25) is 0 Å². The van der Waals surface area contributed by atoms with Crippen LogP contribution in [0.1, 0.15) is 24.5 Å². The minimum atomic E-state index is -2.48. The lowest BCUT2D eigenvalue weighted by Gasteiger charge is -2.39. The maximum absolute atomic E-state index is 13.4. The van der Waals surface area contributed by atoms with Gasteiger partial charge in [0, 0.05) is 0 Å². The number of halogens is 2. The Morgan fingerprint density at radius 3 is 2.88 bits per heavy atom. The zero-order valence-electron chi connectivity index (χ0n) is 9.88. The molecule has 0 saturated heterocycles. The second kappa shape index (κ2) is 5.10. The van der Waals surface area contributed by atoms with Crippen molar-refractivity contribution < 1.29 is 13.5 Å². The summed E-state index contributed by atoms with van der Waals surface area (Å²) in [6, 6.07) is 7.27. The van der Waals surface area contributed by atoms with Gasteiger partial charge in [-0.2, -0.15) is 0 Å². The highest BCUT2D eigenvalue weighted by Gasteiger charge is 2.44. The summed E-state index contributed by atoms with van der Waals surface area (Å²) < 4.78 is 32.2. The fourth-order valence-corrected chi connectivity index (χ4v) is 2.23. The van der Waals surface area contributed by atoms with E-state index < -0.39 is 12.0 Å². The molecule has 0 radical (unpaired) electrons. The Morgan fingerprint density at radius 2 is 2.18 bits per heavy atom. The maximum atomic E-state index is 13.4. The average molecular weight is 241 g/mol. The Kier molecular flexibility index (Phi) is 3.74. The van der Waals surface area contributed by atoms with Gasteiger partial charge in [0.25, 0.3) is 6.43 Å². The van der Waals surface area contributed by atoms with Gasteiger partial charge in [-0.25, -0.2) is 8.78 Å². The van der Waals surface area contributed by atoms with Crippen molar-refractivity contribution >= 4 is 0 Å². The van der Waals surface area contributed by atoms with E-state index in [2.05, 4.69) is 5.32 Å². The highest BCUT2D eigenvalue weighted by Crippen LogP contribution is 2.35. The summed E-state index contributed by atoms with van der Waals surface area (Å²) in [4.78, 5) is 0. The van der Waals surface area contributed by atoms with Crippen LogP contribution < -0.4 is 5.32 Å². The quantitative estimate of drug-likeness (QED) is 0.875. The Bertz CT molecular complexity index is 383. The van der Waals surface area contributed by atoms with Crippen LogP contribution in [-0.2, 0) is 16.9 Å². The van der Waals surface area contributed by atoms with Gasteiger partial charge in [0.1, 0.15) is 5.54 Å². The number of ether oxygens (including phenoxy) is 1. The van der Waals surface area contributed by atoms with E-state index >= 15 is 0 Å². The van der Waals surface area contributed by atoms with Crippen molar-refractivity contribution in [1.29, 1.82) is 0 Å². The van der Waals surface area contributed by atoms with Gasteiger partial charge in [-0.1, -0.05) is 31.2 Å². The first-order valence-electron chi connectivity index (χ1n) is 5.90. The molecule has 0 aliphatic carbocycles. The summed E-state index contributed by atoms with van der Waals surface area (Å²) in [5, 5.41) is 2.97. The molecule has 1 atom stereocenters. The van der Waals surface area contributed by atoms with Gasteiger partial charge in [0.05, 0.1) is 13.2 Å². The van der Waals surface area contributed by atoms with Crippen molar-refractivity contribution in [2.75, 3.05) is 13.2 Å². The predicted molar refractivity (Wildman–Crippen MR) is 62.1 cm³/mol. The van der Waals surface area contributed by atoms with E-state index in [1.807, 2.05) is 19.1 Å². The molecular formula is C13H17F2NO. The largest absolute Gasteiger partial charge is 0.374 e. The van der Waals surface area contributed by atoms with Crippen molar-refractivity contribution in [3.63, 3.8) is 0 Å². The lowest BCUT2D eigenvalue weighted by Crippen LogP contribution is -2.54. The Labute approximate surface area is 100.0 Å². The molecule has 2 nitrogen and oxygen atoms in total. The van der Waals surface area contributed by atoms with Gasteiger partial charge in [-0.15, -0.1) is 0 Å². The Morgan fingerprint density at radius 1 is 1.41 bits per heavy atom. The van der Waals surface area contributed by atoms with E-state index in [4.69, 9.17) is 4.74 Å². The number of nitrogens with one attached hydrogen (secondary N) is 1. The van der Waals surface area contributed by atoms with Crippen LogP contribution in [0.2, 0.25) is 0 Å². The molecule has 4 heteroatoms. The van der Waals surface area contributed by atoms with E-state index in [0.29, 0.717) is 18.7 Å². The minimum absolute atomic E-state index is 0.0294. The molecule has 1 unspecified atom stereocenters. The molecule has 0 spiro atoms. The smallest absolute Gasteiger partial charge is 0.262 e. The topological polar surface area (TPSA) is 21.3 Å². The molecule has 0 aromatic heterocycles. The van der Waals surface area contributed by atoms with Crippen LogP contribution in [0.25, 0.3) is 0 Å². The molecule has 1 heterocycles. The Hall–Kier alpha value is -1.00. The van der Waals surface area contributed by atoms with Crippen LogP contribution in [-0.4, -0.2) is 19.6 Å². The van der Waals surface area contributed by atoms with Crippen LogP contribution in [0, 0.1) is 0 Å². The average Bonchev–Trinajstić information content (AvgIpc) is 2.36. The first-order chi connectivity index (χ1) is 8.20. The van der Waals surface area contributed by atoms with Crippen LogP contribution in [0.4, 0.5) is 8.78 Å². The predicted octanol–water partition coefficient (Wildman–Crippen LogP) is 2.68. The van der Waals surface area contributed by atoms with Crippen molar-refractivity contribution in [3.05, 3.63) is 35.4 Å². The van der Waals surface area contributed by atoms with Crippen LogP contribution in [0.5, 0.6) is 0 Å². The Balaban J connectivity index is 2.40. The number of rotatable bonds is 4. The monoisotopic (exact) mass is 241 g/mol. The number of hydrogen-bond acceptors (Lipinski definition) is 2. The van der Waals surface area contributed by atoms with Crippen LogP contribution >= 0.6 is 0 Å². The van der Waals surface area contributed by atoms with E-state index in [1.54, 1.807) is 12.1 Å². The van der Waals surface area contributed by atoms with Gasteiger partial charge in [-0.05, 0) is 24.1 Å². The van der Waals surface area contributed by atoms with E-state index in [-0.39, 0.29) is 6.61 Å². The number of benzene rings is 1. The first kappa shape index (κ1) is 12.5. The molecule has 0 saturated carbocycles. The van der Waals surface area contributed by atoms with E-state index in [0.717, 1.165) is 12.0 Å². The highest BCUT2D eigenvalue weighted by molar-refractivity contribution is 5.36. The zero-order chi connectivity index (χ0) is 12.3. The minimum Gasteiger partial charge on any atom is -0.374 e. The molecule has 1 aromatic carbocycles. The SMILES string of the molecule is CCCNC1(C(F)F)COCc2ccccc21. The second-order valence-electron chi connectivity index (χ2n) is 4.35. The fraction of sp³-hybridized carbons (Fsp3) is 0.538. The molecule has 94 valence electrons. The lowest BCUT2D eigenvalue weighted by molar-refractivity contribution is -0.0528. The summed E-state index contributed by atoms with van der Waals surface area (Å²) >= 11 is 0. The summed E-state index contributed by atoms with van der Waals surface area (Å²) in [7, 11) is 0. The van der Waals surface area contributed by atoms with E-state index in [9.17, 15) is 8.78 Å². The van der Waals surface area contributed by atoms with Gasteiger partial charge in [0.15, 0.2) is 0 Å². The third-order valence-corrected chi connectivity index (χ3v) is 3.15. The van der Waals surface area contributed by atoms with Crippen LogP contribution in [0.3, 0.4) is 0 Å². The molecule has 1 aliphatic rings. The molecule has 1 N–H and O–H groups in total. The molecule has 17 heavy (non-hydrogen) atoms. The number of alkyl halides is 2. The summed E-state index contributed by atoms with van der Waals surface area (Å²) in [5.41, 5.74) is 0.183. The highest BCUT2D eigenvalue weighted by atomic mass is 19.3. The normalized spacial score (nSPS) is 23.8. The summed E-state index contributed by atoms with van der Waals surface area (Å²) in [5.74, 6) is 0. The number of fused-ring (bicyclic) bond motifs is 1. The fourth-order valence-electron chi connectivity index (χ4n) is 2.23. The van der Waals surface area contributed by atoms with Gasteiger partial charge < -0.3 is 10.1 Å². The van der Waals surface area contributed by atoms with Crippen molar-refractivity contribution in [1.82, 2.24) is 5.32 Å².